The van der Waals surface area contributed by atoms with Gasteiger partial charge in [-0.05, 0) is 11.1 Å². The Morgan fingerprint density at radius 2 is 0.958 bits per heavy atom. The topological polar surface area (TPSA) is 121 Å². The Balaban J connectivity index is 0.000000891. The molecular formula is C17H23O6P. The second-order valence-corrected chi connectivity index (χ2v) is 5.50. The molecule has 0 spiro atoms. The fourth-order valence-corrected chi connectivity index (χ4v) is 2.63. The molecule has 0 amide bonds. The minimum Gasteiger partial charge on any atom is -0.395 e. The molecule has 6 N–H and O–H groups in total. The molecule has 24 heavy (non-hydrogen) atoms. The van der Waals surface area contributed by atoms with Crippen LogP contribution in [0.2, 0.25) is 0 Å². The monoisotopic (exact) mass is 354 g/mol. The van der Waals surface area contributed by atoms with Gasteiger partial charge in [0.05, 0.1) is 25.2 Å². The van der Waals surface area contributed by atoms with E-state index in [1.54, 1.807) is 48.5 Å². The van der Waals surface area contributed by atoms with E-state index in [1.807, 2.05) is 12.1 Å². The molecule has 0 heterocycles. The van der Waals surface area contributed by atoms with E-state index in [1.165, 1.54) is 0 Å². The lowest BCUT2D eigenvalue weighted by molar-refractivity contribution is -0.136. The van der Waals surface area contributed by atoms with Crippen molar-refractivity contribution in [2.24, 2.45) is 5.41 Å². The molecule has 0 aliphatic carbocycles. The first kappa shape index (κ1) is 20.7. The number of aliphatic hydroxyl groups excluding tert-OH is 3. The van der Waals surface area contributed by atoms with Gasteiger partial charge in [-0.3, -0.25) is 0 Å². The van der Waals surface area contributed by atoms with Crippen molar-refractivity contribution in [3.63, 3.8) is 0 Å². The highest BCUT2D eigenvalue weighted by Gasteiger charge is 2.52. The SMILES string of the molecule is OCC(CO)(CO)C(O)(c1ccccc1)c1ccccc1.OPO. The van der Waals surface area contributed by atoms with Crippen LogP contribution in [-0.4, -0.2) is 50.0 Å². The summed E-state index contributed by atoms with van der Waals surface area (Å²) in [7, 11) is -0.917. The first-order valence-corrected chi connectivity index (χ1v) is 8.15. The zero-order chi connectivity index (χ0) is 18.1. The molecule has 0 saturated heterocycles. The first-order chi connectivity index (χ1) is 11.6. The molecule has 132 valence electrons. The van der Waals surface area contributed by atoms with Gasteiger partial charge in [0, 0.05) is 0 Å². The van der Waals surface area contributed by atoms with Gasteiger partial charge in [-0.1, -0.05) is 60.7 Å². The molecule has 0 fully saturated rings. The maximum Gasteiger partial charge on any atom is 0.149 e. The third-order valence-corrected chi connectivity index (χ3v) is 4.06. The average Bonchev–Trinajstić information content (AvgIpc) is 2.65. The number of benzene rings is 2. The largest absolute Gasteiger partial charge is 0.395 e. The fourth-order valence-electron chi connectivity index (χ4n) is 2.63. The van der Waals surface area contributed by atoms with Crippen molar-refractivity contribution >= 4 is 9.03 Å². The Bertz CT molecular complexity index is 526. The molecule has 2 aromatic rings. The van der Waals surface area contributed by atoms with Crippen LogP contribution >= 0.6 is 9.03 Å². The van der Waals surface area contributed by atoms with Gasteiger partial charge in [0.2, 0.25) is 0 Å². The van der Waals surface area contributed by atoms with E-state index in [4.69, 9.17) is 9.79 Å². The Labute approximate surface area is 142 Å². The summed E-state index contributed by atoms with van der Waals surface area (Å²) in [6.07, 6.45) is 0. The van der Waals surface area contributed by atoms with E-state index >= 15 is 0 Å². The quantitative estimate of drug-likeness (QED) is 0.417. The van der Waals surface area contributed by atoms with Gasteiger partial charge in [-0.2, -0.15) is 0 Å². The van der Waals surface area contributed by atoms with E-state index in [9.17, 15) is 20.4 Å². The van der Waals surface area contributed by atoms with Crippen molar-refractivity contribution in [1.29, 1.82) is 0 Å². The molecule has 0 atom stereocenters. The minimum absolute atomic E-state index is 0.508. The number of hydrogen-bond donors (Lipinski definition) is 6. The maximum absolute atomic E-state index is 11.4. The van der Waals surface area contributed by atoms with Gasteiger partial charge in [0.1, 0.15) is 14.6 Å². The van der Waals surface area contributed by atoms with Gasteiger partial charge >= 0.3 is 0 Å². The summed E-state index contributed by atoms with van der Waals surface area (Å²) >= 11 is 0. The second-order valence-electron chi connectivity index (χ2n) is 5.30. The van der Waals surface area contributed by atoms with E-state index in [0.717, 1.165) is 0 Å². The Morgan fingerprint density at radius 3 is 1.21 bits per heavy atom. The van der Waals surface area contributed by atoms with Crippen molar-refractivity contribution in [2.75, 3.05) is 19.8 Å². The minimum atomic E-state index is -1.70. The summed E-state index contributed by atoms with van der Waals surface area (Å²) in [5.74, 6) is 0. The van der Waals surface area contributed by atoms with Gasteiger partial charge < -0.3 is 30.2 Å². The average molecular weight is 354 g/mol. The lowest BCUT2D eigenvalue weighted by Gasteiger charge is -2.45. The van der Waals surface area contributed by atoms with Crippen LogP contribution in [0, 0.1) is 5.41 Å². The zero-order valence-electron chi connectivity index (χ0n) is 13.1. The van der Waals surface area contributed by atoms with E-state index in [2.05, 4.69) is 0 Å². The highest BCUT2D eigenvalue weighted by molar-refractivity contribution is 7.23. The van der Waals surface area contributed by atoms with Crippen molar-refractivity contribution < 1.29 is 30.2 Å². The smallest absolute Gasteiger partial charge is 0.149 e. The van der Waals surface area contributed by atoms with Crippen molar-refractivity contribution in [1.82, 2.24) is 0 Å². The molecule has 0 radical (unpaired) electrons. The van der Waals surface area contributed by atoms with E-state index in [0.29, 0.717) is 11.1 Å². The molecule has 2 rings (SSSR count). The van der Waals surface area contributed by atoms with Gasteiger partial charge in [0.15, 0.2) is 0 Å². The Morgan fingerprint density at radius 1 is 0.667 bits per heavy atom. The molecule has 0 aromatic heterocycles. The molecule has 0 aliphatic rings. The maximum atomic E-state index is 11.4. The van der Waals surface area contributed by atoms with Gasteiger partial charge in [-0.25, -0.2) is 0 Å². The van der Waals surface area contributed by atoms with Crippen molar-refractivity contribution in [3.05, 3.63) is 71.8 Å². The summed E-state index contributed by atoms with van der Waals surface area (Å²) in [6, 6.07) is 17.5. The van der Waals surface area contributed by atoms with Crippen LogP contribution in [-0.2, 0) is 5.60 Å². The van der Waals surface area contributed by atoms with Crippen LogP contribution in [0.25, 0.3) is 0 Å². The zero-order valence-corrected chi connectivity index (χ0v) is 14.1. The predicted octanol–water partition coefficient (Wildman–Crippen LogP) is 0.365. The molecule has 7 heteroatoms. The van der Waals surface area contributed by atoms with E-state index < -0.39 is 39.9 Å². The summed E-state index contributed by atoms with van der Waals surface area (Å²) < 4.78 is 0. The van der Waals surface area contributed by atoms with Crippen LogP contribution in [0.5, 0.6) is 0 Å². The summed E-state index contributed by atoms with van der Waals surface area (Å²) in [4.78, 5) is 14.3. The third kappa shape index (κ3) is 3.99. The molecule has 0 bridgehead atoms. The standard InChI is InChI=1S/C17H20O4.H3O2P/c18-11-16(12-19,13-20)17(21,14-7-3-1-4-8-14)15-9-5-2-6-10-15;1-3-2/h1-10,18-21H,11-13H2;1-3H. The molecule has 0 aliphatic heterocycles. The van der Waals surface area contributed by atoms with Crippen LogP contribution < -0.4 is 0 Å². The van der Waals surface area contributed by atoms with E-state index in [-0.39, 0.29) is 0 Å². The first-order valence-electron chi connectivity index (χ1n) is 7.25. The molecule has 0 saturated carbocycles. The number of aliphatic hydroxyl groups is 4. The summed E-state index contributed by atoms with van der Waals surface area (Å²) in [6.45, 7) is -1.67. The lowest BCUT2D eigenvalue weighted by atomic mass is 9.66. The van der Waals surface area contributed by atoms with Crippen molar-refractivity contribution in [3.8, 4) is 0 Å². The van der Waals surface area contributed by atoms with Crippen LogP contribution in [0.3, 0.4) is 0 Å². The summed E-state index contributed by atoms with van der Waals surface area (Å²) in [5.41, 5.74) is -2.18. The third-order valence-electron chi connectivity index (χ3n) is 4.06. The summed E-state index contributed by atoms with van der Waals surface area (Å²) in [5, 5.41) is 40.6. The van der Waals surface area contributed by atoms with Crippen LogP contribution in [0.1, 0.15) is 11.1 Å². The molecule has 2 aromatic carbocycles. The normalized spacial score (nSPS) is 11.6. The van der Waals surface area contributed by atoms with Gasteiger partial charge in [-0.15, -0.1) is 0 Å². The van der Waals surface area contributed by atoms with Crippen molar-refractivity contribution in [2.45, 2.75) is 5.60 Å². The Hall–Kier alpha value is -1.37. The van der Waals surface area contributed by atoms with Gasteiger partial charge in [0.25, 0.3) is 0 Å². The number of hydrogen-bond acceptors (Lipinski definition) is 6. The van der Waals surface area contributed by atoms with Crippen LogP contribution in [0.4, 0.5) is 0 Å². The van der Waals surface area contributed by atoms with Crippen LogP contribution in [0.15, 0.2) is 60.7 Å². The number of rotatable bonds is 6. The molecular weight excluding hydrogens is 331 g/mol. The highest BCUT2D eigenvalue weighted by Crippen LogP contribution is 2.44. The predicted molar refractivity (Wildman–Crippen MR) is 92.3 cm³/mol. The lowest BCUT2D eigenvalue weighted by Crippen LogP contribution is -2.54. The fraction of sp³-hybridized carbons (Fsp3) is 0.294. The Kier molecular flexibility index (Phi) is 8.45. The highest BCUT2D eigenvalue weighted by atomic mass is 31.1. The molecule has 0 unspecified atom stereocenters. The second kappa shape index (κ2) is 9.81. The molecule has 6 nitrogen and oxygen atoms in total.